The summed E-state index contributed by atoms with van der Waals surface area (Å²) in [6.45, 7) is 2.37. The number of hydrogen-bond donors (Lipinski definition) is 2. The topological polar surface area (TPSA) is 83.8 Å². The lowest BCUT2D eigenvalue weighted by Crippen LogP contribution is -2.03. The first-order valence-corrected chi connectivity index (χ1v) is 5.14. The molecule has 1 aromatic heterocycles. The average Bonchev–Trinajstić information content (AvgIpc) is 2.78. The van der Waals surface area contributed by atoms with Crippen molar-refractivity contribution in [3.05, 3.63) is 51.8 Å². The Morgan fingerprint density at radius 1 is 1.47 bits per heavy atom. The minimum Gasteiger partial charge on any atom is -0.374 e. The third-order valence-corrected chi connectivity index (χ3v) is 2.38. The van der Waals surface area contributed by atoms with Crippen LogP contribution in [0.5, 0.6) is 0 Å². The SMILES string of the molecule is Cc1ccc([N+](=O)[O-])c(NCc2ccn[nH]2)c1. The molecule has 0 saturated heterocycles. The molecule has 0 aliphatic rings. The molecule has 6 nitrogen and oxygen atoms in total. The Morgan fingerprint density at radius 2 is 2.29 bits per heavy atom. The highest BCUT2D eigenvalue weighted by molar-refractivity contribution is 5.62. The molecule has 0 spiro atoms. The number of nitrogens with zero attached hydrogens (tertiary/aromatic N) is 2. The maximum absolute atomic E-state index is 10.8. The maximum Gasteiger partial charge on any atom is 0.292 e. The van der Waals surface area contributed by atoms with Gasteiger partial charge in [-0.05, 0) is 24.6 Å². The van der Waals surface area contributed by atoms with Crippen LogP contribution in [-0.2, 0) is 6.54 Å². The molecule has 2 aromatic rings. The van der Waals surface area contributed by atoms with Gasteiger partial charge < -0.3 is 5.32 Å². The normalized spacial score (nSPS) is 10.2. The van der Waals surface area contributed by atoms with Crippen molar-refractivity contribution < 1.29 is 4.92 Å². The molecule has 0 fully saturated rings. The smallest absolute Gasteiger partial charge is 0.292 e. The Balaban J connectivity index is 2.19. The predicted molar refractivity (Wildman–Crippen MR) is 63.7 cm³/mol. The van der Waals surface area contributed by atoms with Gasteiger partial charge in [0.1, 0.15) is 5.69 Å². The van der Waals surface area contributed by atoms with Crippen LogP contribution in [0.3, 0.4) is 0 Å². The van der Waals surface area contributed by atoms with Crippen molar-refractivity contribution in [1.82, 2.24) is 10.2 Å². The summed E-state index contributed by atoms with van der Waals surface area (Å²) in [5.74, 6) is 0. The Morgan fingerprint density at radius 3 is 2.94 bits per heavy atom. The minimum absolute atomic E-state index is 0.0788. The number of benzene rings is 1. The molecule has 0 amide bonds. The second kappa shape index (κ2) is 4.65. The molecule has 2 N–H and O–H groups in total. The number of nitrogens with one attached hydrogen (secondary N) is 2. The van der Waals surface area contributed by atoms with Crippen LogP contribution in [0.2, 0.25) is 0 Å². The number of nitro benzene ring substituents is 1. The molecule has 2 rings (SSSR count). The predicted octanol–water partition coefficient (Wildman–Crippen LogP) is 2.24. The molecule has 1 heterocycles. The Kier molecular flexibility index (Phi) is 3.04. The van der Waals surface area contributed by atoms with E-state index in [1.165, 1.54) is 6.07 Å². The molecule has 0 radical (unpaired) electrons. The van der Waals surface area contributed by atoms with Gasteiger partial charge in [-0.2, -0.15) is 5.10 Å². The average molecular weight is 232 g/mol. The van der Waals surface area contributed by atoms with Gasteiger partial charge in [-0.1, -0.05) is 6.07 Å². The molecular weight excluding hydrogens is 220 g/mol. The lowest BCUT2D eigenvalue weighted by molar-refractivity contribution is -0.384. The second-order valence-electron chi connectivity index (χ2n) is 3.71. The highest BCUT2D eigenvalue weighted by atomic mass is 16.6. The van der Waals surface area contributed by atoms with Crippen LogP contribution in [0.4, 0.5) is 11.4 Å². The molecule has 0 unspecified atom stereocenters. The van der Waals surface area contributed by atoms with E-state index in [0.29, 0.717) is 12.2 Å². The van der Waals surface area contributed by atoms with E-state index in [4.69, 9.17) is 0 Å². The van der Waals surface area contributed by atoms with E-state index < -0.39 is 4.92 Å². The van der Waals surface area contributed by atoms with Crippen molar-refractivity contribution in [3.8, 4) is 0 Å². The molecule has 1 aromatic carbocycles. The van der Waals surface area contributed by atoms with Crippen molar-refractivity contribution in [2.75, 3.05) is 5.32 Å². The van der Waals surface area contributed by atoms with E-state index in [1.54, 1.807) is 18.3 Å². The highest BCUT2D eigenvalue weighted by Crippen LogP contribution is 2.25. The molecule has 0 aliphatic heterocycles. The number of aromatic nitrogens is 2. The first-order chi connectivity index (χ1) is 8.16. The van der Waals surface area contributed by atoms with E-state index in [9.17, 15) is 10.1 Å². The third kappa shape index (κ3) is 2.60. The summed E-state index contributed by atoms with van der Waals surface area (Å²) in [5, 5.41) is 20.5. The van der Waals surface area contributed by atoms with Crippen LogP contribution in [0.25, 0.3) is 0 Å². The molecule has 0 saturated carbocycles. The fraction of sp³-hybridized carbons (Fsp3) is 0.182. The number of hydrogen-bond acceptors (Lipinski definition) is 4. The first kappa shape index (κ1) is 11.1. The van der Waals surface area contributed by atoms with Crippen LogP contribution in [-0.4, -0.2) is 15.1 Å². The zero-order chi connectivity index (χ0) is 12.3. The minimum atomic E-state index is -0.394. The molecule has 0 aliphatic carbocycles. The fourth-order valence-corrected chi connectivity index (χ4v) is 1.52. The number of aryl methyl sites for hydroxylation is 1. The van der Waals surface area contributed by atoms with Gasteiger partial charge in [-0.3, -0.25) is 15.2 Å². The van der Waals surface area contributed by atoms with E-state index >= 15 is 0 Å². The standard InChI is InChI=1S/C11H12N4O2/c1-8-2-3-11(15(16)17)10(6-8)12-7-9-4-5-13-14-9/h2-6,12H,7H2,1H3,(H,13,14). The summed E-state index contributed by atoms with van der Waals surface area (Å²) in [4.78, 5) is 10.4. The summed E-state index contributed by atoms with van der Waals surface area (Å²) in [6, 6.07) is 6.80. The molecule has 17 heavy (non-hydrogen) atoms. The number of nitro groups is 1. The highest BCUT2D eigenvalue weighted by Gasteiger charge is 2.12. The number of aromatic amines is 1. The van der Waals surface area contributed by atoms with E-state index in [0.717, 1.165) is 11.3 Å². The number of anilines is 1. The van der Waals surface area contributed by atoms with Crippen molar-refractivity contribution >= 4 is 11.4 Å². The largest absolute Gasteiger partial charge is 0.374 e. The third-order valence-electron chi connectivity index (χ3n) is 2.38. The zero-order valence-corrected chi connectivity index (χ0v) is 9.30. The summed E-state index contributed by atoms with van der Waals surface area (Å²) in [5.41, 5.74) is 2.45. The molecule has 0 bridgehead atoms. The lowest BCUT2D eigenvalue weighted by atomic mass is 10.2. The number of rotatable bonds is 4. The van der Waals surface area contributed by atoms with Gasteiger partial charge in [0.25, 0.3) is 5.69 Å². The van der Waals surface area contributed by atoms with Crippen molar-refractivity contribution in [1.29, 1.82) is 0 Å². The summed E-state index contributed by atoms with van der Waals surface area (Å²) in [7, 11) is 0. The van der Waals surface area contributed by atoms with Crippen molar-refractivity contribution in [2.45, 2.75) is 13.5 Å². The van der Waals surface area contributed by atoms with Crippen LogP contribution in [0, 0.1) is 17.0 Å². The Bertz CT molecular complexity index is 522. The van der Waals surface area contributed by atoms with E-state index in [1.807, 2.05) is 13.0 Å². The zero-order valence-electron chi connectivity index (χ0n) is 9.30. The van der Waals surface area contributed by atoms with E-state index in [-0.39, 0.29) is 5.69 Å². The monoisotopic (exact) mass is 232 g/mol. The molecular formula is C11H12N4O2. The maximum atomic E-state index is 10.8. The van der Waals surface area contributed by atoms with Crippen molar-refractivity contribution in [2.24, 2.45) is 0 Å². The van der Waals surface area contributed by atoms with Gasteiger partial charge in [-0.25, -0.2) is 0 Å². The van der Waals surface area contributed by atoms with Gasteiger partial charge in [0.2, 0.25) is 0 Å². The summed E-state index contributed by atoms with van der Waals surface area (Å²) < 4.78 is 0. The van der Waals surface area contributed by atoms with Crippen LogP contribution in [0.1, 0.15) is 11.3 Å². The van der Waals surface area contributed by atoms with Gasteiger partial charge >= 0.3 is 0 Å². The van der Waals surface area contributed by atoms with Crippen LogP contribution < -0.4 is 5.32 Å². The second-order valence-corrected chi connectivity index (χ2v) is 3.71. The first-order valence-electron chi connectivity index (χ1n) is 5.14. The van der Waals surface area contributed by atoms with E-state index in [2.05, 4.69) is 15.5 Å². The molecule has 6 heteroatoms. The van der Waals surface area contributed by atoms with Gasteiger partial charge in [0.15, 0.2) is 0 Å². The number of H-pyrrole nitrogens is 1. The summed E-state index contributed by atoms with van der Waals surface area (Å²) >= 11 is 0. The Labute approximate surface area is 97.8 Å². The molecule has 88 valence electrons. The fourth-order valence-electron chi connectivity index (χ4n) is 1.52. The van der Waals surface area contributed by atoms with Gasteiger partial charge in [-0.15, -0.1) is 0 Å². The van der Waals surface area contributed by atoms with Crippen molar-refractivity contribution in [3.63, 3.8) is 0 Å². The summed E-state index contributed by atoms with van der Waals surface area (Å²) in [6.07, 6.45) is 1.64. The van der Waals surface area contributed by atoms with Gasteiger partial charge in [0.05, 0.1) is 17.2 Å². The quantitative estimate of drug-likeness (QED) is 0.625. The van der Waals surface area contributed by atoms with Crippen LogP contribution >= 0.6 is 0 Å². The Hall–Kier alpha value is -2.37. The lowest BCUT2D eigenvalue weighted by Gasteiger charge is -2.06. The van der Waals surface area contributed by atoms with Crippen LogP contribution in [0.15, 0.2) is 30.5 Å². The van der Waals surface area contributed by atoms with Gasteiger partial charge in [0, 0.05) is 12.3 Å². The molecule has 0 atom stereocenters.